The molecule has 1 N–H and O–H groups in total. The zero-order chi connectivity index (χ0) is 13.0. The molecule has 4 nitrogen and oxygen atoms in total. The molecule has 2 fully saturated rings. The molecule has 1 aliphatic heterocycles. The van der Waals surface area contributed by atoms with E-state index in [0.717, 1.165) is 12.8 Å². The highest BCUT2D eigenvalue weighted by molar-refractivity contribution is 4.80. The van der Waals surface area contributed by atoms with Gasteiger partial charge in [-0.15, -0.1) is 0 Å². The zero-order valence-electron chi connectivity index (χ0n) is 10.3. The lowest BCUT2D eigenvalue weighted by molar-refractivity contribution is -0.218. The summed E-state index contributed by atoms with van der Waals surface area (Å²) in [4.78, 5) is 0. The minimum atomic E-state index is -3.00. The van der Waals surface area contributed by atoms with Crippen molar-refractivity contribution in [1.29, 1.82) is 0 Å². The van der Waals surface area contributed by atoms with Crippen molar-refractivity contribution in [1.82, 2.24) is 0 Å². The molecule has 2 rings (SSSR count). The van der Waals surface area contributed by atoms with Gasteiger partial charge in [-0.1, -0.05) is 0 Å². The third-order valence-electron chi connectivity index (χ3n) is 3.22. The third-order valence-corrected chi connectivity index (χ3v) is 3.22. The van der Waals surface area contributed by atoms with Crippen LogP contribution in [0.5, 0.6) is 0 Å². The molecule has 1 atom stereocenters. The fourth-order valence-corrected chi connectivity index (χ4v) is 2.01. The monoisotopic (exact) mass is 266 g/mol. The molecule has 0 aromatic carbocycles. The second-order valence-corrected chi connectivity index (χ2v) is 5.02. The standard InChI is InChI=1S/C12H20F2O4/c13-12(14,7-17-10-5-9(15)6-10)8-18-11-3-1-2-4-16-11/h9-11,15H,1-8H2/t9-,10+,11?. The van der Waals surface area contributed by atoms with Crippen LogP contribution in [0, 0.1) is 0 Å². The lowest BCUT2D eigenvalue weighted by atomic mass is 9.92. The van der Waals surface area contributed by atoms with Gasteiger partial charge in [-0.05, 0) is 32.1 Å². The number of ether oxygens (including phenoxy) is 3. The van der Waals surface area contributed by atoms with Gasteiger partial charge in [0.2, 0.25) is 0 Å². The zero-order valence-corrected chi connectivity index (χ0v) is 10.3. The summed E-state index contributed by atoms with van der Waals surface area (Å²) in [7, 11) is 0. The van der Waals surface area contributed by atoms with Crippen molar-refractivity contribution in [2.45, 2.75) is 56.5 Å². The summed E-state index contributed by atoms with van der Waals surface area (Å²) in [6, 6.07) is 0. The highest BCUT2D eigenvalue weighted by atomic mass is 19.3. The molecule has 6 heteroatoms. The van der Waals surface area contributed by atoms with Crippen LogP contribution >= 0.6 is 0 Å². The molecule has 18 heavy (non-hydrogen) atoms. The van der Waals surface area contributed by atoms with Crippen LogP contribution in [0.25, 0.3) is 0 Å². The van der Waals surface area contributed by atoms with Gasteiger partial charge in [-0.25, -0.2) is 8.78 Å². The van der Waals surface area contributed by atoms with Crippen molar-refractivity contribution < 1.29 is 28.1 Å². The van der Waals surface area contributed by atoms with Gasteiger partial charge in [-0.2, -0.15) is 0 Å². The number of aliphatic hydroxyl groups is 1. The Morgan fingerprint density at radius 2 is 1.89 bits per heavy atom. The molecule has 1 saturated heterocycles. The van der Waals surface area contributed by atoms with Crippen LogP contribution < -0.4 is 0 Å². The summed E-state index contributed by atoms with van der Waals surface area (Å²) in [5.74, 6) is -3.00. The number of rotatable bonds is 6. The summed E-state index contributed by atoms with van der Waals surface area (Å²) >= 11 is 0. The lowest BCUT2D eigenvalue weighted by Gasteiger charge is -2.32. The van der Waals surface area contributed by atoms with Gasteiger partial charge in [0, 0.05) is 6.61 Å². The normalized spacial score (nSPS) is 33.2. The minimum absolute atomic E-state index is 0.239. The van der Waals surface area contributed by atoms with Crippen molar-refractivity contribution in [3.63, 3.8) is 0 Å². The van der Waals surface area contributed by atoms with Crippen molar-refractivity contribution >= 4 is 0 Å². The van der Waals surface area contributed by atoms with E-state index < -0.39 is 31.5 Å². The van der Waals surface area contributed by atoms with E-state index in [0.29, 0.717) is 25.9 Å². The average Bonchev–Trinajstić information content (AvgIpc) is 2.32. The lowest BCUT2D eigenvalue weighted by Crippen LogP contribution is -2.40. The Hall–Kier alpha value is -0.300. The smallest absolute Gasteiger partial charge is 0.293 e. The van der Waals surface area contributed by atoms with E-state index in [4.69, 9.17) is 19.3 Å². The Labute approximate surface area is 105 Å². The Morgan fingerprint density at radius 1 is 1.17 bits per heavy atom. The molecule has 0 radical (unpaired) electrons. The third kappa shape index (κ3) is 4.42. The Kier molecular flexibility index (Phi) is 4.89. The van der Waals surface area contributed by atoms with Crippen LogP contribution in [0.2, 0.25) is 0 Å². The largest absolute Gasteiger partial charge is 0.393 e. The maximum Gasteiger partial charge on any atom is 0.293 e. The predicted octanol–water partition coefficient (Wildman–Crippen LogP) is 1.70. The van der Waals surface area contributed by atoms with Crippen LogP contribution in [0.3, 0.4) is 0 Å². The highest BCUT2D eigenvalue weighted by Crippen LogP contribution is 2.26. The molecular weight excluding hydrogens is 246 g/mol. The quantitative estimate of drug-likeness (QED) is 0.795. The molecular formula is C12H20F2O4. The van der Waals surface area contributed by atoms with Crippen LogP contribution in [0.1, 0.15) is 32.1 Å². The van der Waals surface area contributed by atoms with E-state index in [9.17, 15) is 8.78 Å². The first kappa shape index (κ1) is 14.1. The Morgan fingerprint density at radius 3 is 2.50 bits per heavy atom. The fraction of sp³-hybridized carbons (Fsp3) is 1.00. The van der Waals surface area contributed by atoms with Gasteiger partial charge in [0.05, 0.1) is 12.2 Å². The van der Waals surface area contributed by atoms with Crippen LogP contribution in [-0.2, 0) is 14.2 Å². The topological polar surface area (TPSA) is 47.9 Å². The van der Waals surface area contributed by atoms with Crippen molar-refractivity contribution in [3.8, 4) is 0 Å². The SMILES string of the molecule is O[C@H]1C[C@@H](OCC(F)(F)COC2CCCCO2)C1. The van der Waals surface area contributed by atoms with E-state index in [1.54, 1.807) is 0 Å². The molecule has 0 aromatic heterocycles. The summed E-state index contributed by atoms with van der Waals surface area (Å²) in [6.07, 6.45) is 2.34. The van der Waals surface area contributed by atoms with Gasteiger partial charge in [-0.3, -0.25) is 0 Å². The first-order chi connectivity index (χ1) is 8.55. The van der Waals surface area contributed by atoms with Crippen molar-refractivity contribution in [3.05, 3.63) is 0 Å². The minimum Gasteiger partial charge on any atom is -0.393 e. The average molecular weight is 266 g/mol. The molecule has 0 aromatic rings. The first-order valence-corrected chi connectivity index (χ1v) is 6.46. The molecule has 0 spiro atoms. The van der Waals surface area contributed by atoms with Crippen molar-refractivity contribution in [2.75, 3.05) is 19.8 Å². The van der Waals surface area contributed by atoms with Crippen LogP contribution in [-0.4, -0.2) is 49.3 Å². The molecule has 1 saturated carbocycles. The number of hydrogen-bond acceptors (Lipinski definition) is 4. The summed E-state index contributed by atoms with van der Waals surface area (Å²) in [5.41, 5.74) is 0. The highest BCUT2D eigenvalue weighted by Gasteiger charge is 2.35. The first-order valence-electron chi connectivity index (χ1n) is 6.46. The summed E-state index contributed by atoms with van der Waals surface area (Å²) in [5, 5.41) is 9.01. The predicted molar refractivity (Wildman–Crippen MR) is 59.5 cm³/mol. The summed E-state index contributed by atoms with van der Waals surface area (Å²) < 4.78 is 42.1. The van der Waals surface area contributed by atoms with Gasteiger partial charge < -0.3 is 19.3 Å². The molecule has 1 heterocycles. The maximum atomic E-state index is 13.4. The molecule has 2 aliphatic rings. The molecule has 0 amide bonds. The van der Waals surface area contributed by atoms with E-state index in [2.05, 4.69) is 0 Å². The van der Waals surface area contributed by atoms with Gasteiger partial charge in [0.15, 0.2) is 6.29 Å². The second kappa shape index (κ2) is 6.23. The van der Waals surface area contributed by atoms with Crippen LogP contribution in [0.4, 0.5) is 8.78 Å². The number of alkyl halides is 2. The molecule has 1 unspecified atom stereocenters. The summed E-state index contributed by atoms with van der Waals surface area (Å²) in [6.45, 7) is -0.753. The second-order valence-electron chi connectivity index (χ2n) is 5.02. The Balaban J connectivity index is 1.60. The maximum absolute atomic E-state index is 13.4. The number of aliphatic hydroxyl groups excluding tert-OH is 1. The number of halogens is 2. The number of hydrogen-bond donors (Lipinski definition) is 1. The van der Waals surface area contributed by atoms with Crippen LogP contribution in [0.15, 0.2) is 0 Å². The van der Waals surface area contributed by atoms with E-state index in [-0.39, 0.29) is 6.10 Å². The van der Waals surface area contributed by atoms with Gasteiger partial charge >= 0.3 is 0 Å². The van der Waals surface area contributed by atoms with Crippen molar-refractivity contribution in [2.24, 2.45) is 0 Å². The van der Waals surface area contributed by atoms with Gasteiger partial charge in [0.25, 0.3) is 5.92 Å². The Bertz CT molecular complexity index is 250. The fourth-order valence-electron chi connectivity index (χ4n) is 2.01. The van der Waals surface area contributed by atoms with E-state index in [1.807, 2.05) is 0 Å². The molecule has 106 valence electrons. The van der Waals surface area contributed by atoms with E-state index in [1.165, 1.54) is 0 Å². The molecule has 1 aliphatic carbocycles. The van der Waals surface area contributed by atoms with E-state index >= 15 is 0 Å². The van der Waals surface area contributed by atoms with Gasteiger partial charge in [0.1, 0.15) is 13.2 Å². The molecule has 0 bridgehead atoms.